The van der Waals surface area contributed by atoms with Gasteiger partial charge in [0.2, 0.25) is 0 Å². The molecular formula is C8H16ClNO2S. The molecule has 13 heavy (non-hydrogen) atoms. The van der Waals surface area contributed by atoms with Gasteiger partial charge < -0.3 is 0 Å². The smallest absolute Gasteiger partial charge is 0.199 e. The van der Waals surface area contributed by atoms with Crippen LogP contribution in [-0.2, 0) is 9.24 Å². The monoisotopic (exact) mass is 225 g/mol. The minimum atomic E-state index is -3.54. The summed E-state index contributed by atoms with van der Waals surface area (Å²) in [6.45, 7) is 4.41. The van der Waals surface area contributed by atoms with E-state index in [-0.39, 0.29) is 6.04 Å². The minimum absolute atomic E-state index is 0.0375. The maximum atomic E-state index is 10.7. The van der Waals surface area contributed by atoms with Crippen LogP contribution in [0.15, 0.2) is 0 Å². The summed E-state index contributed by atoms with van der Waals surface area (Å²) in [7, 11) is 1.56. The number of hydrogen-bond donors (Lipinski definition) is 1. The van der Waals surface area contributed by atoms with E-state index in [1.807, 2.05) is 0 Å². The molecule has 0 atom stereocenters. The van der Waals surface area contributed by atoms with Crippen molar-refractivity contribution in [1.82, 2.24) is 4.72 Å². The number of hydrogen-bond acceptors (Lipinski definition) is 2. The van der Waals surface area contributed by atoms with E-state index in [1.165, 1.54) is 0 Å². The fourth-order valence-electron chi connectivity index (χ4n) is 1.72. The third-order valence-corrected chi connectivity index (χ3v) is 3.53. The summed E-state index contributed by atoms with van der Waals surface area (Å²) in [5.41, 5.74) is 0.355. The maximum absolute atomic E-state index is 10.7. The first-order valence-corrected chi connectivity index (χ1v) is 6.81. The van der Waals surface area contributed by atoms with Crippen LogP contribution in [0.5, 0.6) is 0 Å². The van der Waals surface area contributed by atoms with Crippen molar-refractivity contribution in [2.24, 2.45) is 5.41 Å². The molecule has 1 saturated carbocycles. The van der Waals surface area contributed by atoms with Crippen molar-refractivity contribution >= 4 is 19.9 Å². The highest BCUT2D eigenvalue weighted by Crippen LogP contribution is 2.35. The number of halogens is 1. The quantitative estimate of drug-likeness (QED) is 0.731. The van der Waals surface area contributed by atoms with Gasteiger partial charge in [0, 0.05) is 16.7 Å². The van der Waals surface area contributed by atoms with Gasteiger partial charge in [-0.1, -0.05) is 13.8 Å². The van der Waals surface area contributed by atoms with E-state index in [9.17, 15) is 8.42 Å². The molecule has 0 unspecified atom stereocenters. The summed E-state index contributed by atoms with van der Waals surface area (Å²) in [6.07, 6.45) is 3.88. The molecule has 1 N–H and O–H groups in total. The van der Waals surface area contributed by atoms with E-state index >= 15 is 0 Å². The molecule has 0 aromatic rings. The standard InChI is InChI=1S/C8H16ClNO2S/c1-8(2)5-3-7(4-6-8)10-13(9,11)12/h7,10H,3-6H2,1-2H3. The van der Waals surface area contributed by atoms with Crippen LogP contribution in [0.25, 0.3) is 0 Å². The van der Waals surface area contributed by atoms with Gasteiger partial charge in [-0.2, -0.15) is 13.1 Å². The van der Waals surface area contributed by atoms with Gasteiger partial charge in [0.15, 0.2) is 0 Å². The fourth-order valence-corrected chi connectivity index (χ4v) is 2.73. The molecule has 0 heterocycles. The Bertz CT molecular complexity index is 264. The molecule has 1 fully saturated rings. The van der Waals surface area contributed by atoms with Crippen molar-refractivity contribution < 1.29 is 8.42 Å². The lowest BCUT2D eigenvalue weighted by atomic mass is 9.76. The largest absolute Gasteiger partial charge is 0.297 e. The first kappa shape index (κ1) is 11.3. The zero-order valence-corrected chi connectivity index (χ0v) is 9.58. The third kappa shape index (κ3) is 4.29. The highest BCUT2D eigenvalue weighted by atomic mass is 35.7. The van der Waals surface area contributed by atoms with Crippen LogP contribution < -0.4 is 4.72 Å². The van der Waals surface area contributed by atoms with Gasteiger partial charge in [-0.15, -0.1) is 0 Å². The van der Waals surface area contributed by atoms with Crippen molar-refractivity contribution in [3.63, 3.8) is 0 Å². The predicted molar refractivity (Wildman–Crippen MR) is 53.9 cm³/mol. The topological polar surface area (TPSA) is 46.2 Å². The zero-order chi connectivity index (χ0) is 10.1. The molecule has 1 rings (SSSR count). The molecule has 0 bridgehead atoms. The Kier molecular flexibility index (Phi) is 3.25. The summed E-state index contributed by atoms with van der Waals surface area (Å²) in [4.78, 5) is 0. The van der Waals surface area contributed by atoms with Gasteiger partial charge in [-0.05, 0) is 31.1 Å². The Balaban J connectivity index is 2.43. The SMILES string of the molecule is CC1(C)CCC(NS(=O)(=O)Cl)CC1. The van der Waals surface area contributed by atoms with Crippen LogP contribution in [-0.4, -0.2) is 14.5 Å². The van der Waals surface area contributed by atoms with Gasteiger partial charge in [-0.3, -0.25) is 0 Å². The Morgan fingerprint density at radius 1 is 1.31 bits per heavy atom. The summed E-state index contributed by atoms with van der Waals surface area (Å²) >= 11 is 0. The highest BCUT2D eigenvalue weighted by molar-refractivity contribution is 8.12. The highest BCUT2D eigenvalue weighted by Gasteiger charge is 2.28. The van der Waals surface area contributed by atoms with E-state index in [0.717, 1.165) is 25.7 Å². The van der Waals surface area contributed by atoms with Crippen molar-refractivity contribution in [1.29, 1.82) is 0 Å². The Hall–Kier alpha value is 0.200. The van der Waals surface area contributed by atoms with E-state index in [1.54, 1.807) is 0 Å². The van der Waals surface area contributed by atoms with Gasteiger partial charge >= 0.3 is 0 Å². The molecule has 0 spiro atoms. The second kappa shape index (κ2) is 3.75. The van der Waals surface area contributed by atoms with Crippen molar-refractivity contribution in [3.8, 4) is 0 Å². The molecule has 0 amide bonds. The predicted octanol–water partition coefficient (Wildman–Crippen LogP) is 2.03. The van der Waals surface area contributed by atoms with Crippen LogP contribution in [0.2, 0.25) is 0 Å². The van der Waals surface area contributed by atoms with Crippen LogP contribution >= 0.6 is 10.7 Å². The number of rotatable bonds is 2. The van der Waals surface area contributed by atoms with Gasteiger partial charge in [0.05, 0.1) is 0 Å². The molecule has 0 aliphatic heterocycles. The first-order chi connectivity index (χ1) is 5.79. The van der Waals surface area contributed by atoms with Crippen molar-refractivity contribution in [2.45, 2.75) is 45.6 Å². The van der Waals surface area contributed by atoms with Crippen molar-refractivity contribution in [3.05, 3.63) is 0 Å². The van der Waals surface area contributed by atoms with Crippen LogP contribution in [0.4, 0.5) is 0 Å². The zero-order valence-electron chi connectivity index (χ0n) is 8.01. The van der Waals surface area contributed by atoms with E-state index < -0.39 is 9.24 Å². The Labute approximate surface area is 84.4 Å². The van der Waals surface area contributed by atoms with Gasteiger partial charge in [0.1, 0.15) is 0 Å². The molecule has 1 aliphatic rings. The van der Waals surface area contributed by atoms with Crippen LogP contribution in [0.1, 0.15) is 39.5 Å². The Morgan fingerprint density at radius 3 is 2.15 bits per heavy atom. The van der Waals surface area contributed by atoms with Crippen molar-refractivity contribution in [2.75, 3.05) is 0 Å². The minimum Gasteiger partial charge on any atom is -0.199 e. The van der Waals surface area contributed by atoms with E-state index in [2.05, 4.69) is 18.6 Å². The molecule has 0 aromatic heterocycles. The molecule has 78 valence electrons. The molecule has 5 heteroatoms. The van der Waals surface area contributed by atoms with E-state index in [4.69, 9.17) is 10.7 Å². The molecule has 3 nitrogen and oxygen atoms in total. The second-order valence-corrected chi connectivity index (χ2v) is 6.82. The number of nitrogens with one attached hydrogen (secondary N) is 1. The fraction of sp³-hybridized carbons (Fsp3) is 1.00. The molecule has 1 aliphatic carbocycles. The van der Waals surface area contributed by atoms with Gasteiger partial charge in [-0.25, -0.2) is 0 Å². The third-order valence-electron chi connectivity index (χ3n) is 2.65. The normalized spacial score (nSPS) is 24.5. The molecular weight excluding hydrogens is 210 g/mol. The summed E-state index contributed by atoms with van der Waals surface area (Å²) in [6, 6.07) is 0.0375. The molecule has 0 radical (unpaired) electrons. The lowest BCUT2D eigenvalue weighted by Gasteiger charge is -2.33. The Morgan fingerprint density at radius 2 is 1.77 bits per heavy atom. The average molecular weight is 226 g/mol. The first-order valence-electron chi connectivity index (χ1n) is 4.50. The van der Waals surface area contributed by atoms with Gasteiger partial charge in [0.25, 0.3) is 9.24 Å². The summed E-state index contributed by atoms with van der Waals surface area (Å²) < 4.78 is 23.9. The second-order valence-electron chi connectivity index (χ2n) is 4.49. The van der Waals surface area contributed by atoms with Crippen LogP contribution in [0, 0.1) is 5.41 Å². The lowest BCUT2D eigenvalue weighted by molar-refractivity contribution is 0.218. The summed E-state index contributed by atoms with van der Waals surface area (Å²) in [5, 5.41) is 0. The molecule has 0 aromatic carbocycles. The average Bonchev–Trinajstić information content (AvgIpc) is 1.91. The summed E-state index contributed by atoms with van der Waals surface area (Å²) in [5.74, 6) is 0. The lowest BCUT2D eigenvalue weighted by Crippen LogP contribution is -2.37. The van der Waals surface area contributed by atoms with Crippen LogP contribution in [0.3, 0.4) is 0 Å². The van der Waals surface area contributed by atoms with E-state index in [0.29, 0.717) is 5.41 Å². The maximum Gasteiger partial charge on any atom is 0.297 e. The molecule has 0 saturated heterocycles.